The first-order valence-electron chi connectivity index (χ1n) is 4.67. The highest BCUT2D eigenvalue weighted by Crippen LogP contribution is 2.22. The highest BCUT2D eigenvalue weighted by atomic mass is 32.2. The van der Waals surface area contributed by atoms with E-state index in [-0.39, 0.29) is 12.5 Å². The fourth-order valence-electron chi connectivity index (χ4n) is 1.59. The number of azide groups is 1. The molecule has 14 heavy (non-hydrogen) atoms. The Bertz CT molecular complexity index is 246. The molecular weight excluding hydrogens is 200 g/mol. The molecule has 0 unspecified atom stereocenters. The van der Waals surface area contributed by atoms with Gasteiger partial charge in [-0.25, -0.2) is 0 Å². The van der Waals surface area contributed by atoms with Crippen molar-refractivity contribution in [3.05, 3.63) is 10.4 Å². The van der Waals surface area contributed by atoms with Gasteiger partial charge in [0.1, 0.15) is 6.54 Å². The Labute approximate surface area is 87.5 Å². The van der Waals surface area contributed by atoms with Crippen molar-refractivity contribution in [2.75, 3.05) is 24.6 Å². The number of amides is 1. The van der Waals surface area contributed by atoms with Crippen molar-refractivity contribution < 1.29 is 4.79 Å². The van der Waals surface area contributed by atoms with Crippen LogP contribution in [0.4, 0.5) is 0 Å². The molecule has 6 heteroatoms. The Morgan fingerprint density at radius 1 is 1.79 bits per heavy atom. The topological polar surface area (TPSA) is 69.1 Å². The molecule has 1 atom stereocenters. The second kappa shape index (κ2) is 5.78. The summed E-state index contributed by atoms with van der Waals surface area (Å²) in [4.78, 5) is 16.0. The SMILES string of the molecule is CCN(C(=O)CN=[N+]=[N-])[C@H]1CCSC1. The van der Waals surface area contributed by atoms with E-state index in [1.807, 2.05) is 23.6 Å². The monoisotopic (exact) mass is 214 g/mol. The summed E-state index contributed by atoms with van der Waals surface area (Å²) < 4.78 is 0. The van der Waals surface area contributed by atoms with E-state index in [0.29, 0.717) is 12.6 Å². The number of likely N-dealkylation sites (N-methyl/N-ethyl adjacent to an activating group) is 1. The third-order valence-electron chi connectivity index (χ3n) is 2.28. The molecule has 1 amide bonds. The summed E-state index contributed by atoms with van der Waals surface area (Å²) in [6, 6.07) is 0.339. The van der Waals surface area contributed by atoms with Crippen LogP contribution >= 0.6 is 11.8 Å². The van der Waals surface area contributed by atoms with Crippen LogP contribution in [0.3, 0.4) is 0 Å². The first kappa shape index (κ1) is 11.2. The summed E-state index contributed by atoms with van der Waals surface area (Å²) in [5.41, 5.74) is 8.12. The summed E-state index contributed by atoms with van der Waals surface area (Å²) in [6.07, 6.45) is 1.06. The maximum Gasteiger partial charge on any atom is 0.228 e. The normalized spacial score (nSPS) is 20.2. The van der Waals surface area contributed by atoms with E-state index in [1.165, 1.54) is 0 Å². The van der Waals surface area contributed by atoms with Crippen LogP contribution in [-0.2, 0) is 4.79 Å². The first-order valence-corrected chi connectivity index (χ1v) is 5.83. The van der Waals surface area contributed by atoms with Crippen molar-refractivity contribution >= 4 is 17.7 Å². The minimum atomic E-state index is -0.0576. The first-order chi connectivity index (χ1) is 6.79. The number of hydrogen-bond donors (Lipinski definition) is 0. The van der Waals surface area contributed by atoms with Gasteiger partial charge in [0, 0.05) is 23.3 Å². The summed E-state index contributed by atoms with van der Waals surface area (Å²) in [5.74, 6) is 2.07. The lowest BCUT2D eigenvalue weighted by molar-refractivity contribution is -0.131. The maximum atomic E-state index is 11.6. The van der Waals surface area contributed by atoms with Gasteiger partial charge in [-0.1, -0.05) is 5.11 Å². The van der Waals surface area contributed by atoms with Crippen LogP contribution in [0.25, 0.3) is 10.4 Å². The number of rotatable bonds is 4. The van der Waals surface area contributed by atoms with Crippen LogP contribution in [0.15, 0.2) is 5.11 Å². The smallest absolute Gasteiger partial charge is 0.228 e. The summed E-state index contributed by atoms with van der Waals surface area (Å²) in [5, 5.41) is 3.29. The van der Waals surface area contributed by atoms with Gasteiger partial charge in [0.15, 0.2) is 0 Å². The van der Waals surface area contributed by atoms with E-state index in [0.717, 1.165) is 17.9 Å². The highest BCUT2D eigenvalue weighted by molar-refractivity contribution is 7.99. The van der Waals surface area contributed by atoms with Gasteiger partial charge in [0.2, 0.25) is 5.91 Å². The Morgan fingerprint density at radius 3 is 3.07 bits per heavy atom. The van der Waals surface area contributed by atoms with E-state index in [2.05, 4.69) is 10.0 Å². The maximum absolute atomic E-state index is 11.6. The minimum absolute atomic E-state index is 0.0501. The predicted molar refractivity (Wildman–Crippen MR) is 57.1 cm³/mol. The molecule has 1 aliphatic rings. The van der Waals surface area contributed by atoms with Gasteiger partial charge < -0.3 is 4.90 Å². The molecule has 1 heterocycles. The van der Waals surface area contributed by atoms with Gasteiger partial charge in [-0.15, -0.1) is 0 Å². The average Bonchev–Trinajstić information content (AvgIpc) is 2.69. The Hall–Kier alpha value is -0.870. The molecule has 0 aromatic rings. The van der Waals surface area contributed by atoms with Gasteiger partial charge in [-0.3, -0.25) is 4.79 Å². The van der Waals surface area contributed by atoms with Crippen LogP contribution in [-0.4, -0.2) is 41.4 Å². The lowest BCUT2D eigenvalue weighted by Crippen LogP contribution is -2.41. The molecule has 0 saturated carbocycles. The number of thioether (sulfide) groups is 1. The third-order valence-corrected chi connectivity index (χ3v) is 3.42. The van der Waals surface area contributed by atoms with Crippen LogP contribution in [0.1, 0.15) is 13.3 Å². The van der Waals surface area contributed by atoms with Crippen molar-refractivity contribution in [1.82, 2.24) is 4.90 Å². The van der Waals surface area contributed by atoms with Gasteiger partial charge in [0.05, 0.1) is 0 Å². The second-order valence-corrected chi connectivity index (χ2v) is 4.24. The molecule has 0 aromatic carbocycles. The van der Waals surface area contributed by atoms with Crippen molar-refractivity contribution in [2.24, 2.45) is 5.11 Å². The zero-order chi connectivity index (χ0) is 10.4. The molecule has 1 rings (SSSR count). The van der Waals surface area contributed by atoms with Gasteiger partial charge in [-0.05, 0) is 24.6 Å². The fourth-order valence-corrected chi connectivity index (χ4v) is 2.81. The average molecular weight is 214 g/mol. The molecule has 78 valence electrons. The summed E-state index contributed by atoms with van der Waals surface area (Å²) >= 11 is 1.87. The van der Waals surface area contributed by atoms with E-state index in [1.54, 1.807) is 0 Å². The molecule has 1 fully saturated rings. The highest BCUT2D eigenvalue weighted by Gasteiger charge is 2.24. The zero-order valence-electron chi connectivity index (χ0n) is 8.22. The van der Waals surface area contributed by atoms with E-state index >= 15 is 0 Å². The Morgan fingerprint density at radius 2 is 2.57 bits per heavy atom. The van der Waals surface area contributed by atoms with Crippen molar-refractivity contribution in [2.45, 2.75) is 19.4 Å². The molecule has 0 spiro atoms. The summed E-state index contributed by atoms with van der Waals surface area (Å²) in [7, 11) is 0. The van der Waals surface area contributed by atoms with E-state index < -0.39 is 0 Å². The lowest BCUT2D eigenvalue weighted by Gasteiger charge is -2.26. The fraction of sp³-hybridized carbons (Fsp3) is 0.875. The third kappa shape index (κ3) is 2.82. The molecule has 0 aliphatic carbocycles. The second-order valence-electron chi connectivity index (χ2n) is 3.09. The standard InChI is InChI=1S/C8H14N4OS/c1-2-12(7-3-4-14-6-7)8(13)5-10-11-9/h7H,2-6H2,1H3/t7-/m0/s1. The quantitative estimate of drug-likeness (QED) is 0.405. The molecule has 0 bridgehead atoms. The van der Waals surface area contributed by atoms with Gasteiger partial charge in [0.25, 0.3) is 0 Å². The van der Waals surface area contributed by atoms with Crippen LogP contribution in [0.2, 0.25) is 0 Å². The molecule has 1 saturated heterocycles. The molecule has 1 aliphatic heterocycles. The van der Waals surface area contributed by atoms with Gasteiger partial charge in [-0.2, -0.15) is 11.8 Å². The molecule has 0 aromatic heterocycles. The zero-order valence-corrected chi connectivity index (χ0v) is 9.03. The molecule has 5 nitrogen and oxygen atoms in total. The van der Waals surface area contributed by atoms with Crippen molar-refractivity contribution in [1.29, 1.82) is 0 Å². The number of hydrogen-bond acceptors (Lipinski definition) is 3. The molecule has 0 radical (unpaired) electrons. The van der Waals surface area contributed by atoms with Crippen molar-refractivity contribution in [3.8, 4) is 0 Å². The predicted octanol–water partition coefficient (Wildman–Crippen LogP) is 1.65. The van der Waals surface area contributed by atoms with Crippen LogP contribution < -0.4 is 0 Å². The Kier molecular flexibility index (Phi) is 4.62. The van der Waals surface area contributed by atoms with Crippen molar-refractivity contribution in [3.63, 3.8) is 0 Å². The lowest BCUT2D eigenvalue weighted by atomic mass is 10.2. The van der Waals surface area contributed by atoms with E-state index in [4.69, 9.17) is 5.53 Å². The molecule has 0 N–H and O–H groups in total. The van der Waals surface area contributed by atoms with Crippen LogP contribution in [0, 0.1) is 0 Å². The number of carbonyl (C=O) groups is 1. The number of nitrogens with zero attached hydrogens (tertiary/aromatic N) is 4. The van der Waals surface area contributed by atoms with Crippen LogP contribution in [0.5, 0.6) is 0 Å². The Balaban J connectivity index is 2.51. The van der Waals surface area contributed by atoms with E-state index in [9.17, 15) is 4.79 Å². The largest absolute Gasteiger partial charge is 0.339 e. The summed E-state index contributed by atoms with van der Waals surface area (Å²) in [6.45, 7) is 2.60. The minimum Gasteiger partial charge on any atom is -0.339 e. The molecular formula is C8H14N4OS. The number of carbonyl (C=O) groups excluding carboxylic acids is 1. The van der Waals surface area contributed by atoms with Gasteiger partial charge >= 0.3 is 0 Å².